The van der Waals surface area contributed by atoms with Crippen LogP contribution in [0.3, 0.4) is 0 Å². The minimum atomic E-state index is -0.322. The third-order valence-electron chi connectivity index (χ3n) is 3.66. The highest BCUT2D eigenvalue weighted by molar-refractivity contribution is 7.99. The second-order valence-corrected chi connectivity index (χ2v) is 7.33. The smallest absolute Gasteiger partial charge is 0.188 e. The molecular formula is C17H19N3OS. The van der Waals surface area contributed by atoms with E-state index >= 15 is 0 Å². The second kappa shape index (κ2) is 5.72. The minimum Gasteiger partial charge on any atom is -0.380 e. The SMILES string of the molecule is CC(C)(C)C(=O)CSc1ncc2c(n1)-c1ccccc1NC2. The number of nitrogens with one attached hydrogen (secondary N) is 1. The maximum Gasteiger partial charge on any atom is 0.188 e. The summed E-state index contributed by atoms with van der Waals surface area (Å²) in [5.74, 6) is 0.614. The molecule has 2 heterocycles. The second-order valence-electron chi connectivity index (χ2n) is 6.39. The van der Waals surface area contributed by atoms with E-state index in [9.17, 15) is 4.79 Å². The predicted molar refractivity (Wildman–Crippen MR) is 90.0 cm³/mol. The molecule has 0 fully saturated rings. The van der Waals surface area contributed by atoms with E-state index < -0.39 is 0 Å². The summed E-state index contributed by atoms with van der Waals surface area (Å²) in [5, 5.41) is 4.03. The van der Waals surface area contributed by atoms with Crippen LogP contribution in [-0.2, 0) is 11.3 Å². The quantitative estimate of drug-likeness (QED) is 0.690. The van der Waals surface area contributed by atoms with Crippen molar-refractivity contribution in [2.75, 3.05) is 11.1 Å². The number of hydrogen-bond donors (Lipinski definition) is 1. The van der Waals surface area contributed by atoms with Crippen molar-refractivity contribution in [2.24, 2.45) is 5.41 Å². The normalized spacial score (nSPS) is 13.0. The van der Waals surface area contributed by atoms with Gasteiger partial charge in [-0.2, -0.15) is 0 Å². The molecule has 0 saturated carbocycles. The number of benzene rings is 1. The molecule has 0 radical (unpaired) electrons. The molecular weight excluding hydrogens is 294 g/mol. The molecule has 22 heavy (non-hydrogen) atoms. The number of carbonyl (C=O) groups excluding carboxylic acids is 1. The lowest BCUT2D eigenvalue weighted by Crippen LogP contribution is -2.22. The molecule has 5 heteroatoms. The molecule has 0 aliphatic carbocycles. The van der Waals surface area contributed by atoms with Crippen LogP contribution in [0.4, 0.5) is 5.69 Å². The van der Waals surface area contributed by atoms with Crippen LogP contribution in [-0.4, -0.2) is 21.5 Å². The van der Waals surface area contributed by atoms with E-state index in [4.69, 9.17) is 0 Å². The van der Waals surface area contributed by atoms with E-state index in [2.05, 4.69) is 27.4 Å². The molecule has 1 aromatic carbocycles. The van der Waals surface area contributed by atoms with Crippen LogP contribution in [0.25, 0.3) is 11.3 Å². The number of thioether (sulfide) groups is 1. The third kappa shape index (κ3) is 2.99. The highest BCUT2D eigenvalue weighted by Crippen LogP contribution is 2.34. The van der Waals surface area contributed by atoms with Crippen molar-refractivity contribution in [3.63, 3.8) is 0 Å². The molecule has 0 atom stereocenters. The number of fused-ring (bicyclic) bond motifs is 3. The molecule has 0 spiro atoms. The Labute approximate surface area is 134 Å². The van der Waals surface area contributed by atoms with E-state index in [1.807, 2.05) is 39.1 Å². The number of carbonyl (C=O) groups is 1. The molecule has 1 N–H and O–H groups in total. The van der Waals surface area contributed by atoms with Gasteiger partial charge < -0.3 is 5.32 Å². The van der Waals surface area contributed by atoms with E-state index in [0.717, 1.165) is 29.1 Å². The van der Waals surface area contributed by atoms with Gasteiger partial charge in [0.25, 0.3) is 0 Å². The summed E-state index contributed by atoms with van der Waals surface area (Å²) in [7, 11) is 0. The minimum absolute atomic E-state index is 0.209. The molecule has 1 aliphatic rings. The van der Waals surface area contributed by atoms with Gasteiger partial charge in [0.15, 0.2) is 5.16 Å². The third-order valence-corrected chi connectivity index (χ3v) is 4.52. The lowest BCUT2D eigenvalue weighted by Gasteiger charge is -2.20. The average Bonchev–Trinajstić information content (AvgIpc) is 2.51. The van der Waals surface area contributed by atoms with Crippen LogP contribution in [0.5, 0.6) is 0 Å². The van der Waals surface area contributed by atoms with E-state index in [-0.39, 0.29) is 11.2 Å². The van der Waals surface area contributed by atoms with Crippen molar-refractivity contribution in [2.45, 2.75) is 32.5 Å². The number of hydrogen-bond acceptors (Lipinski definition) is 5. The first-order valence-corrected chi connectivity index (χ1v) is 8.29. The summed E-state index contributed by atoms with van der Waals surface area (Å²) in [4.78, 5) is 21.1. The van der Waals surface area contributed by atoms with E-state index in [1.54, 1.807) is 0 Å². The number of para-hydroxylation sites is 1. The Balaban J connectivity index is 1.84. The van der Waals surface area contributed by atoms with Crippen molar-refractivity contribution in [1.29, 1.82) is 0 Å². The van der Waals surface area contributed by atoms with Crippen LogP contribution in [0.15, 0.2) is 35.6 Å². The summed E-state index contributed by atoms with van der Waals surface area (Å²) >= 11 is 1.41. The molecule has 0 amide bonds. The van der Waals surface area contributed by atoms with E-state index in [1.165, 1.54) is 11.8 Å². The first kappa shape index (κ1) is 15.0. The molecule has 2 aromatic rings. The Morgan fingerprint density at radius 1 is 1.32 bits per heavy atom. The van der Waals surface area contributed by atoms with Crippen LogP contribution in [0.2, 0.25) is 0 Å². The van der Waals surface area contributed by atoms with Gasteiger partial charge in [-0.05, 0) is 6.07 Å². The molecule has 3 rings (SSSR count). The lowest BCUT2D eigenvalue weighted by molar-refractivity contribution is -0.123. The Kier molecular flexibility index (Phi) is 3.91. The van der Waals surface area contributed by atoms with Gasteiger partial charge in [-0.25, -0.2) is 9.97 Å². The zero-order valence-electron chi connectivity index (χ0n) is 13.0. The highest BCUT2D eigenvalue weighted by atomic mass is 32.2. The maximum absolute atomic E-state index is 12.0. The van der Waals surface area contributed by atoms with Gasteiger partial charge in [0.2, 0.25) is 0 Å². The number of ketones is 1. The van der Waals surface area contributed by atoms with Gasteiger partial charge in [0.05, 0.1) is 11.4 Å². The van der Waals surface area contributed by atoms with Crippen LogP contribution < -0.4 is 5.32 Å². The van der Waals surface area contributed by atoms with Crippen molar-refractivity contribution >= 4 is 23.2 Å². The summed E-state index contributed by atoms with van der Waals surface area (Å²) in [6.45, 7) is 6.54. The Hall–Kier alpha value is -1.88. The highest BCUT2D eigenvalue weighted by Gasteiger charge is 2.22. The summed E-state index contributed by atoms with van der Waals surface area (Å²) in [6, 6.07) is 8.13. The number of aromatic nitrogens is 2. The van der Waals surface area contributed by atoms with Gasteiger partial charge in [-0.1, -0.05) is 50.7 Å². The molecule has 1 aliphatic heterocycles. The Morgan fingerprint density at radius 3 is 2.86 bits per heavy atom. The first-order valence-electron chi connectivity index (χ1n) is 7.30. The van der Waals surface area contributed by atoms with Crippen LogP contribution in [0, 0.1) is 5.41 Å². The predicted octanol–water partition coefficient (Wildman–Crippen LogP) is 3.78. The Morgan fingerprint density at radius 2 is 2.09 bits per heavy atom. The van der Waals surface area contributed by atoms with Crippen molar-refractivity contribution < 1.29 is 4.79 Å². The zero-order valence-corrected chi connectivity index (χ0v) is 13.8. The number of anilines is 1. The number of rotatable bonds is 3. The lowest BCUT2D eigenvalue weighted by atomic mass is 9.92. The topological polar surface area (TPSA) is 54.9 Å². The van der Waals surface area contributed by atoms with Crippen molar-refractivity contribution in [3.8, 4) is 11.3 Å². The number of nitrogens with zero attached hydrogens (tertiary/aromatic N) is 2. The monoisotopic (exact) mass is 313 g/mol. The van der Waals surface area contributed by atoms with Gasteiger partial charge in [0.1, 0.15) is 5.78 Å². The molecule has 0 bridgehead atoms. The van der Waals surface area contributed by atoms with Gasteiger partial charge in [-0.15, -0.1) is 0 Å². The van der Waals surface area contributed by atoms with Crippen molar-refractivity contribution in [3.05, 3.63) is 36.0 Å². The van der Waals surface area contributed by atoms with Gasteiger partial charge in [-0.3, -0.25) is 4.79 Å². The molecule has 114 valence electrons. The fourth-order valence-corrected chi connectivity index (χ4v) is 3.18. The Bertz CT molecular complexity index is 722. The summed E-state index contributed by atoms with van der Waals surface area (Å²) < 4.78 is 0. The molecule has 1 aromatic heterocycles. The first-order chi connectivity index (χ1) is 10.4. The van der Waals surface area contributed by atoms with E-state index in [0.29, 0.717) is 10.9 Å². The molecule has 0 unspecified atom stereocenters. The van der Waals surface area contributed by atoms with Gasteiger partial charge in [0, 0.05) is 35.0 Å². The summed E-state index contributed by atoms with van der Waals surface area (Å²) in [5.41, 5.74) is 3.92. The fourth-order valence-electron chi connectivity index (χ4n) is 2.20. The average molecular weight is 313 g/mol. The molecule has 0 saturated heterocycles. The van der Waals surface area contributed by atoms with Crippen molar-refractivity contribution in [1.82, 2.24) is 9.97 Å². The largest absolute Gasteiger partial charge is 0.380 e. The zero-order chi connectivity index (χ0) is 15.7. The number of Topliss-reactive ketones (excluding diaryl/α,β-unsaturated/α-hetero) is 1. The molecule has 4 nitrogen and oxygen atoms in total. The van der Waals surface area contributed by atoms with Crippen LogP contribution >= 0.6 is 11.8 Å². The summed E-state index contributed by atoms with van der Waals surface area (Å²) in [6.07, 6.45) is 1.86. The van der Waals surface area contributed by atoms with Gasteiger partial charge >= 0.3 is 0 Å². The fraction of sp³-hybridized carbons (Fsp3) is 0.353. The standard InChI is InChI=1S/C17H19N3OS/c1-17(2,3)14(21)10-22-16-19-9-11-8-18-13-7-5-4-6-12(13)15(11)20-16/h4-7,9,18H,8,10H2,1-3H3. The maximum atomic E-state index is 12.0. The van der Waals surface area contributed by atoms with Crippen LogP contribution in [0.1, 0.15) is 26.3 Å².